The molecule has 0 saturated carbocycles. The maximum absolute atomic E-state index is 10.1. The third-order valence-corrected chi connectivity index (χ3v) is 2.89. The van der Waals surface area contributed by atoms with Gasteiger partial charge in [0.1, 0.15) is 0 Å². The molecule has 1 heterocycles. The molecule has 0 aliphatic carbocycles. The fraction of sp³-hybridized carbons (Fsp3) is 0.500. The summed E-state index contributed by atoms with van der Waals surface area (Å²) in [6.07, 6.45) is -0.0255. The Kier molecular flexibility index (Phi) is 3.75. The van der Waals surface area contributed by atoms with Gasteiger partial charge in [0.25, 0.3) is 0 Å². The van der Waals surface area contributed by atoms with E-state index in [0.29, 0.717) is 19.6 Å². The Labute approximate surface area is 109 Å². The van der Waals surface area contributed by atoms with Crippen LogP contribution in [0.5, 0.6) is 0 Å². The Balaban J connectivity index is 2.05. The number of benzene rings is 1. The molecule has 2 nitrogen and oxygen atoms in total. The molecule has 0 radical (unpaired) electrons. The number of fused-ring (bicyclic) bond motifs is 1. The van der Waals surface area contributed by atoms with Crippen molar-refractivity contribution >= 4 is 0 Å². The highest BCUT2D eigenvalue weighted by Crippen LogP contribution is 2.25. The first-order valence-corrected chi connectivity index (χ1v) is 6.33. The fourth-order valence-electron chi connectivity index (χ4n) is 1.93. The summed E-state index contributed by atoms with van der Waals surface area (Å²) in [6.45, 7) is 7.55. The largest absolute Gasteiger partial charge is 0.387 e. The van der Waals surface area contributed by atoms with Gasteiger partial charge in [-0.05, 0) is 37.5 Å². The Morgan fingerprint density at radius 2 is 2.00 bits per heavy atom. The van der Waals surface area contributed by atoms with E-state index in [1.807, 2.05) is 18.2 Å². The second-order valence-corrected chi connectivity index (χ2v) is 5.79. The van der Waals surface area contributed by atoms with E-state index in [1.165, 1.54) is 11.1 Å². The molecule has 96 valence electrons. The molecule has 18 heavy (non-hydrogen) atoms. The summed E-state index contributed by atoms with van der Waals surface area (Å²) in [7, 11) is 0. The van der Waals surface area contributed by atoms with E-state index in [9.17, 15) is 5.11 Å². The number of ether oxygens (including phenoxy) is 1. The molecule has 0 fully saturated rings. The number of hydrogen-bond donors (Lipinski definition) is 1. The van der Waals surface area contributed by atoms with Gasteiger partial charge in [0.05, 0.1) is 19.3 Å². The van der Waals surface area contributed by atoms with Crippen molar-refractivity contribution in [3.63, 3.8) is 0 Å². The average Bonchev–Trinajstić information content (AvgIpc) is 2.73. The van der Waals surface area contributed by atoms with Crippen LogP contribution in [-0.2, 0) is 18.0 Å². The van der Waals surface area contributed by atoms with Crippen LogP contribution in [0.15, 0.2) is 18.2 Å². The van der Waals surface area contributed by atoms with Gasteiger partial charge in [-0.25, -0.2) is 0 Å². The van der Waals surface area contributed by atoms with E-state index in [4.69, 9.17) is 4.74 Å². The second-order valence-electron chi connectivity index (χ2n) is 5.79. The van der Waals surface area contributed by atoms with Gasteiger partial charge in [-0.15, -0.1) is 0 Å². The first-order valence-electron chi connectivity index (χ1n) is 6.33. The minimum absolute atomic E-state index is 0.00844. The lowest BCUT2D eigenvalue weighted by atomic mass is 9.96. The maximum atomic E-state index is 10.1. The maximum Gasteiger partial charge on any atom is 0.0899 e. The minimum atomic E-state index is -0.509. The molecular formula is C16H20O2. The lowest BCUT2D eigenvalue weighted by Crippen LogP contribution is -2.01. The second kappa shape index (κ2) is 5.14. The number of aliphatic hydroxyl groups is 1. The monoisotopic (exact) mass is 244 g/mol. The highest BCUT2D eigenvalue weighted by atomic mass is 16.5. The van der Waals surface area contributed by atoms with Gasteiger partial charge in [-0.2, -0.15) is 0 Å². The van der Waals surface area contributed by atoms with Crippen LogP contribution in [-0.4, -0.2) is 5.11 Å². The topological polar surface area (TPSA) is 29.5 Å². The lowest BCUT2D eigenvalue weighted by Gasteiger charge is -2.10. The highest BCUT2D eigenvalue weighted by molar-refractivity contribution is 5.34. The van der Waals surface area contributed by atoms with Crippen LogP contribution in [0.4, 0.5) is 0 Å². The number of rotatable bonds is 2. The van der Waals surface area contributed by atoms with E-state index in [2.05, 4.69) is 32.6 Å². The molecule has 1 atom stereocenters. The van der Waals surface area contributed by atoms with Crippen LogP contribution >= 0.6 is 0 Å². The molecule has 0 spiro atoms. The van der Waals surface area contributed by atoms with Gasteiger partial charge in [-0.1, -0.05) is 30.0 Å². The standard InChI is InChI=1S/C16H20O2/c1-16(2,3)8-4-5-15(17)12-6-7-13-10-18-11-14(13)9-12/h6-7,9,15,17H,5,10-11H2,1-3H3. The molecule has 0 aromatic heterocycles. The van der Waals surface area contributed by atoms with Crippen LogP contribution in [0.1, 0.15) is 50.0 Å². The molecule has 0 bridgehead atoms. The zero-order valence-electron chi connectivity index (χ0n) is 11.3. The van der Waals surface area contributed by atoms with Crippen LogP contribution in [0.25, 0.3) is 0 Å². The predicted molar refractivity (Wildman–Crippen MR) is 71.7 cm³/mol. The first-order chi connectivity index (χ1) is 8.46. The number of hydrogen-bond acceptors (Lipinski definition) is 2. The Hall–Kier alpha value is -1.30. The minimum Gasteiger partial charge on any atom is -0.387 e. The van der Waals surface area contributed by atoms with E-state index in [-0.39, 0.29) is 5.41 Å². The van der Waals surface area contributed by atoms with Crippen molar-refractivity contribution in [2.45, 2.75) is 46.5 Å². The van der Waals surface area contributed by atoms with Gasteiger partial charge in [0, 0.05) is 11.8 Å². The zero-order valence-corrected chi connectivity index (χ0v) is 11.3. The summed E-state index contributed by atoms with van der Waals surface area (Å²) < 4.78 is 5.37. The molecule has 1 unspecified atom stereocenters. The van der Waals surface area contributed by atoms with E-state index >= 15 is 0 Å². The predicted octanol–water partition coefficient (Wildman–Crippen LogP) is 3.19. The summed E-state index contributed by atoms with van der Waals surface area (Å²) in [6, 6.07) is 6.04. The van der Waals surface area contributed by atoms with Gasteiger partial charge < -0.3 is 9.84 Å². The number of aliphatic hydroxyl groups excluding tert-OH is 1. The zero-order chi connectivity index (χ0) is 13.2. The summed E-state index contributed by atoms with van der Waals surface area (Å²) >= 11 is 0. The fourth-order valence-corrected chi connectivity index (χ4v) is 1.93. The van der Waals surface area contributed by atoms with Crippen LogP contribution < -0.4 is 0 Å². The van der Waals surface area contributed by atoms with Gasteiger partial charge in [0.2, 0.25) is 0 Å². The Morgan fingerprint density at radius 1 is 1.28 bits per heavy atom. The van der Waals surface area contributed by atoms with Crippen LogP contribution in [0.2, 0.25) is 0 Å². The van der Waals surface area contributed by atoms with Crippen LogP contribution in [0.3, 0.4) is 0 Å². The summed E-state index contributed by atoms with van der Waals surface area (Å²) in [5.74, 6) is 6.20. The third-order valence-electron chi connectivity index (χ3n) is 2.89. The summed E-state index contributed by atoms with van der Waals surface area (Å²) in [5.41, 5.74) is 3.34. The van der Waals surface area contributed by atoms with Gasteiger partial charge >= 0.3 is 0 Å². The molecule has 0 amide bonds. The van der Waals surface area contributed by atoms with Crippen molar-refractivity contribution in [2.75, 3.05) is 0 Å². The Morgan fingerprint density at radius 3 is 2.72 bits per heavy atom. The molecule has 0 saturated heterocycles. The molecule has 1 N–H and O–H groups in total. The van der Waals surface area contributed by atoms with Crippen molar-refractivity contribution in [1.29, 1.82) is 0 Å². The summed E-state index contributed by atoms with van der Waals surface area (Å²) in [5, 5.41) is 10.1. The van der Waals surface area contributed by atoms with Crippen molar-refractivity contribution in [3.8, 4) is 11.8 Å². The van der Waals surface area contributed by atoms with Crippen molar-refractivity contribution < 1.29 is 9.84 Å². The van der Waals surface area contributed by atoms with Crippen molar-refractivity contribution in [1.82, 2.24) is 0 Å². The van der Waals surface area contributed by atoms with Crippen LogP contribution in [0, 0.1) is 17.3 Å². The lowest BCUT2D eigenvalue weighted by molar-refractivity contribution is 0.134. The molecule has 2 rings (SSSR count). The molecule has 1 aromatic carbocycles. The SMILES string of the molecule is CC(C)(C)C#CCC(O)c1ccc2c(c1)COC2. The highest BCUT2D eigenvalue weighted by Gasteiger charge is 2.14. The third kappa shape index (κ3) is 3.35. The first kappa shape index (κ1) is 13.1. The van der Waals surface area contributed by atoms with Gasteiger partial charge in [-0.3, -0.25) is 0 Å². The van der Waals surface area contributed by atoms with Crippen molar-refractivity contribution in [2.24, 2.45) is 5.41 Å². The quantitative estimate of drug-likeness (QED) is 0.810. The van der Waals surface area contributed by atoms with E-state index < -0.39 is 6.10 Å². The molecule has 1 aliphatic rings. The smallest absolute Gasteiger partial charge is 0.0899 e. The van der Waals surface area contributed by atoms with Gasteiger partial charge in [0.15, 0.2) is 0 Å². The van der Waals surface area contributed by atoms with E-state index in [1.54, 1.807) is 0 Å². The molecular weight excluding hydrogens is 224 g/mol. The molecule has 1 aromatic rings. The average molecular weight is 244 g/mol. The van der Waals surface area contributed by atoms with Crippen molar-refractivity contribution in [3.05, 3.63) is 34.9 Å². The molecule has 2 heteroatoms. The summed E-state index contributed by atoms with van der Waals surface area (Å²) in [4.78, 5) is 0. The molecule has 1 aliphatic heterocycles. The normalized spacial score (nSPS) is 15.8. The van der Waals surface area contributed by atoms with E-state index in [0.717, 1.165) is 5.56 Å². The Bertz CT molecular complexity index is 486.